The van der Waals surface area contributed by atoms with Crippen molar-refractivity contribution in [3.63, 3.8) is 0 Å². The van der Waals surface area contributed by atoms with Gasteiger partial charge in [0.25, 0.3) is 6.20 Å². The van der Waals surface area contributed by atoms with Crippen LogP contribution >= 0.6 is 0 Å². The van der Waals surface area contributed by atoms with Crippen molar-refractivity contribution in [3.05, 3.63) is 82.5 Å². The number of para-hydroxylation sites is 1. The zero-order chi connectivity index (χ0) is 12.8. The lowest BCUT2D eigenvalue weighted by Crippen LogP contribution is -2.01. The third kappa shape index (κ3) is 3.18. The molecule has 90 valence electrons. The Hall–Kier alpha value is -2.62. The van der Waals surface area contributed by atoms with E-state index in [0.717, 1.165) is 17.5 Å². The fourth-order valence-corrected chi connectivity index (χ4v) is 1.58. The first-order chi connectivity index (χ1) is 8.75. The Bertz CT molecular complexity index is 551. The minimum absolute atomic E-state index is 0.460. The van der Waals surface area contributed by atoms with Gasteiger partial charge in [0.1, 0.15) is 5.70 Å². The van der Waals surface area contributed by atoms with Crippen LogP contribution in [-0.2, 0) is 0 Å². The van der Waals surface area contributed by atoms with Crippen LogP contribution in [0.1, 0.15) is 5.56 Å². The predicted molar refractivity (Wildman–Crippen MR) is 71.5 cm³/mol. The van der Waals surface area contributed by atoms with Gasteiger partial charge in [-0.15, -0.1) is 0 Å². The van der Waals surface area contributed by atoms with Gasteiger partial charge in [-0.25, -0.2) is 0 Å². The lowest BCUT2D eigenvalue weighted by atomic mass is 10.1. The van der Waals surface area contributed by atoms with Crippen LogP contribution in [0.3, 0.4) is 0 Å². The van der Waals surface area contributed by atoms with Crippen LogP contribution in [-0.4, -0.2) is 4.92 Å². The van der Waals surface area contributed by atoms with Gasteiger partial charge in [0.05, 0.1) is 4.92 Å². The van der Waals surface area contributed by atoms with E-state index in [9.17, 15) is 10.1 Å². The van der Waals surface area contributed by atoms with Crippen molar-refractivity contribution in [1.29, 1.82) is 0 Å². The van der Waals surface area contributed by atoms with Crippen LogP contribution in [0.2, 0.25) is 0 Å². The Morgan fingerprint density at radius 3 is 2.11 bits per heavy atom. The summed E-state index contributed by atoms with van der Waals surface area (Å²) in [5.74, 6) is 0. The maximum atomic E-state index is 10.7. The predicted octanol–water partition coefficient (Wildman–Crippen LogP) is 3.37. The summed E-state index contributed by atoms with van der Waals surface area (Å²) >= 11 is 0. The smallest absolute Gasteiger partial charge is 0.258 e. The molecule has 0 bridgehead atoms. The van der Waals surface area contributed by atoms with Crippen LogP contribution in [0.4, 0.5) is 5.69 Å². The molecule has 0 saturated carbocycles. The van der Waals surface area contributed by atoms with Crippen LogP contribution in [0.25, 0.3) is 5.70 Å². The molecule has 4 heteroatoms. The molecular formula is C14H12N2O2. The van der Waals surface area contributed by atoms with Crippen LogP contribution in [0.5, 0.6) is 0 Å². The van der Waals surface area contributed by atoms with Crippen molar-refractivity contribution < 1.29 is 4.92 Å². The molecule has 0 aromatic heterocycles. The lowest BCUT2D eigenvalue weighted by molar-refractivity contribution is -0.401. The average Bonchev–Trinajstić information content (AvgIpc) is 2.40. The average molecular weight is 240 g/mol. The number of nitrogens with zero attached hydrogens (tertiary/aromatic N) is 1. The van der Waals surface area contributed by atoms with Gasteiger partial charge in [-0.1, -0.05) is 48.5 Å². The highest BCUT2D eigenvalue weighted by atomic mass is 16.6. The van der Waals surface area contributed by atoms with Crippen molar-refractivity contribution >= 4 is 11.4 Å². The normalized spacial score (nSPS) is 11.0. The van der Waals surface area contributed by atoms with Gasteiger partial charge in [0, 0.05) is 11.3 Å². The van der Waals surface area contributed by atoms with E-state index in [-0.39, 0.29) is 0 Å². The minimum Gasteiger partial charge on any atom is -0.350 e. The highest BCUT2D eigenvalue weighted by Crippen LogP contribution is 2.17. The molecule has 0 heterocycles. The summed E-state index contributed by atoms with van der Waals surface area (Å²) in [6, 6.07) is 18.6. The zero-order valence-electron chi connectivity index (χ0n) is 9.61. The van der Waals surface area contributed by atoms with E-state index in [2.05, 4.69) is 5.32 Å². The molecule has 0 saturated heterocycles. The molecule has 2 aromatic carbocycles. The Morgan fingerprint density at radius 1 is 1.00 bits per heavy atom. The van der Waals surface area contributed by atoms with E-state index in [4.69, 9.17) is 0 Å². The number of anilines is 1. The molecule has 0 aliphatic heterocycles. The van der Waals surface area contributed by atoms with Gasteiger partial charge in [0.2, 0.25) is 0 Å². The third-order valence-electron chi connectivity index (χ3n) is 2.37. The fourth-order valence-electron chi connectivity index (χ4n) is 1.58. The number of hydrogen-bond acceptors (Lipinski definition) is 3. The highest BCUT2D eigenvalue weighted by Gasteiger charge is 2.06. The van der Waals surface area contributed by atoms with Crippen molar-refractivity contribution in [3.8, 4) is 0 Å². The second kappa shape index (κ2) is 5.63. The molecule has 18 heavy (non-hydrogen) atoms. The zero-order valence-corrected chi connectivity index (χ0v) is 9.61. The first kappa shape index (κ1) is 11.9. The summed E-state index contributed by atoms with van der Waals surface area (Å²) in [5.41, 5.74) is 2.05. The van der Waals surface area contributed by atoms with Gasteiger partial charge < -0.3 is 5.32 Å². The van der Waals surface area contributed by atoms with Crippen molar-refractivity contribution in [2.24, 2.45) is 0 Å². The number of nitrogens with one attached hydrogen (secondary N) is 1. The standard InChI is InChI=1S/C14H12N2O2/c17-16(18)11-14(12-7-3-1-4-8-12)15-13-9-5-2-6-10-13/h1-11,15H. The van der Waals surface area contributed by atoms with E-state index in [1.807, 2.05) is 60.7 Å². The molecule has 1 N–H and O–H groups in total. The van der Waals surface area contributed by atoms with E-state index in [1.165, 1.54) is 0 Å². The van der Waals surface area contributed by atoms with Crippen LogP contribution in [0, 0.1) is 10.1 Å². The summed E-state index contributed by atoms with van der Waals surface area (Å²) in [7, 11) is 0. The van der Waals surface area contributed by atoms with E-state index in [0.29, 0.717) is 5.70 Å². The first-order valence-corrected chi connectivity index (χ1v) is 5.48. The molecular weight excluding hydrogens is 228 g/mol. The number of rotatable bonds is 4. The van der Waals surface area contributed by atoms with E-state index >= 15 is 0 Å². The van der Waals surface area contributed by atoms with Crippen LogP contribution in [0.15, 0.2) is 66.9 Å². The quantitative estimate of drug-likeness (QED) is 0.658. The maximum absolute atomic E-state index is 10.7. The molecule has 2 aromatic rings. The lowest BCUT2D eigenvalue weighted by Gasteiger charge is -2.08. The Morgan fingerprint density at radius 2 is 1.56 bits per heavy atom. The van der Waals surface area contributed by atoms with Crippen LogP contribution < -0.4 is 5.32 Å². The Labute approximate surface area is 105 Å². The second-order valence-corrected chi connectivity index (χ2v) is 3.69. The van der Waals surface area contributed by atoms with E-state index in [1.54, 1.807) is 0 Å². The molecule has 0 aliphatic carbocycles. The van der Waals surface area contributed by atoms with E-state index < -0.39 is 4.92 Å². The maximum Gasteiger partial charge on any atom is 0.258 e. The summed E-state index contributed by atoms with van der Waals surface area (Å²) in [5, 5.41) is 13.7. The van der Waals surface area contributed by atoms with Crippen molar-refractivity contribution in [2.75, 3.05) is 5.32 Å². The van der Waals surface area contributed by atoms with Gasteiger partial charge >= 0.3 is 0 Å². The summed E-state index contributed by atoms with van der Waals surface area (Å²) in [6.07, 6.45) is 0.975. The van der Waals surface area contributed by atoms with Gasteiger partial charge in [-0.2, -0.15) is 0 Å². The Kier molecular flexibility index (Phi) is 3.71. The third-order valence-corrected chi connectivity index (χ3v) is 2.37. The summed E-state index contributed by atoms with van der Waals surface area (Å²) in [4.78, 5) is 10.2. The van der Waals surface area contributed by atoms with Crippen molar-refractivity contribution in [1.82, 2.24) is 0 Å². The monoisotopic (exact) mass is 240 g/mol. The molecule has 0 atom stereocenters. The van der Waals surface area contributed by atoms with Gasteiger partial charge in [-0.05, 0) is 12.1 Å². The molecule has 0 spiro atoms. The first-order valence-electron chi connectivity index (χ1n) is 5.48. The molecule has 0 unspecified atom stereocenters. The molecule has 2 rings (SSSR count). The SMILES string of the molecule is O=[N+]([O-])C=C(Nc1ccccc1)c1ccccc1. The number of benzene rings is 2. The topological polar surface area (TPSA) is 55.2 Å². The Balaban J connectivity index is 2.31. The molecule has 0 radical (unpaired) electrons. The largest absolute Gasteiger partial charge is 0.350 e. The fraction of sp³-hybridized carbons (Fsp3) is 0. The molecule has 0 aliphatic rings. The number of nitro groups is 1. The molecule has 0 fully saturated rings. The number of hydrogen-bond donors (Lipinski definition) is 1. The summed E-state index contributed by atoms with van der Waals surface area (Å²) in [6.45, 7) is 0. The molecule has 0 amide bonds. The second-order valence-electron chi connectivity index (χ2n) is 3.69. The minimum atomic E-state index is -0.460. The van der Waals surface area contributed by atoms with Gasteiger partial charge in [0.15, 0.2) is 0 Å². The summed E-state index contributed by atoms with van der Waals surface area (Å²) < 4.78 is 0. The highest BCUT2D eigenvalue weighted by molar-refractivity contribution is 5.75. The molecule has 4 nitrogen and oxygen atoms in total. The van der Waals surface area contributed by atoms with Gasteiger partial charge in [-0.3, -0.25) is 10.1 Å². The van der Waals surface area contributed by atoms with Crippen molar-refractivity contribution in [2.45, 2.75) is 0 Å².